The molecule has 0 aliphatic carbocycles. The van der Waals surface area contributed by atoms with Crippen LogP contribution in [0.4, 0.5) is 0 Å². The predicted molar refractivity (Wildman–Crippen MR) is 79.0 cm³/mol. The van der Waals surface area contributed by atoms with Crippen molar-refractivity contribution < 1.29 is 0 Å². The monoisotopic (exact) mass is 329 g/mol. The second-order valence-electron chi connectivity index (χ2n) is 3.81. The van der Waals surface area contributed by atoms with Gasteiger partial charge in [0.25, 0.3) is 0 Å². The number of halogens is 2. The lowest BCUT2D eigenvalue weighted by molar-refractivity contribution is 0.602. The Morgan fingerprint density at radius 2 is 2.24 bits per heavy atom. The van der Waals surface area contributed by atoms with Gasteiger partial charge >= 0.3 is 0 Å². The first-order valence-corrected chi connectivity index (χ1v) is 7.40. The summed E-state index contributed by atoms with van der Waals surface area (Å²) in [5.41, 5.74) is 1.29. The van der Waals surface area contributed by atoms with Gasteiger partial charge in [-0.15, -0.1) is 11.3 Å². The van der Waals surface area contributed by atoms with Gasteiger partial charge in [-0.1, -0.05) is 39.7 Å². The molecule has 1 N–H and O–H groups in total. The van der Waals surface area contributed by atoms with Crippen molar-refractivity contribution in [2.75, 3.05) is 7.05 Å². The maximum atomic E-state index is 6.17. The third kappa shape index (κ3) is 3.32. The van der Waals surface area contributed by atoms with E-state index in [0.29, 0.717) is 0 Å². The van der Waals surface area contributed by atoms with Crippen molar-refractivity contribution in [3.05, 3.63) is 55.6 Å². The van der Waals surface area contributed by atoms with Crippen LogP contribution in [-0.2, 0) is 6.42 Å². The highest BCUT2D eigenvalue weighted by Crippen LogP contribution is 2.30. The van der Waals surface area contributed by atoms with E-state index in [9.17, 15) is 0 Å². The SMILES string of the molecule is CNC(Cc1cccc(Br)c1)c1sccc1Cl. The summed E-state index contributed by atoms with van der Waals surface area (Å²) in [4.78, 5) is 1.20. The van der Waals surface area contributed by atoms with Gasteiger partial charge in [-0.25, -0.2) is 0 Å². The van der Waals surface area contributed by atoms with Crippen LogP contribution >= 0.6 is 38.9 Å². The maximum absolute atomic E-state index is 6.17. The number of hydrogen-bond acceptors (Lipinski definition) is 2. The number of rotatable bonds is 4. The molecule has 0 spiro atoms. The molecule has 4 heteroatoms. The highest BCUT2D eigenvalue weighted by Gasteiger charge is 2.14. The minimum atomic E-state index is 0.275. The van der Waals surface area contributed by atoms with Crippen molar-refractivity contribution in [3.8, 4) is 0 Å². The zero-order valence-corrected chi connectivity index (χ0v) is 12.6. The Labute approximate surface area is 119 Å². The van der Waals surface area contributed by atoms with E-state index in [4.69, 9.17) is 11.6 Å². The van der Waals surface area contributed by atoms with E-state index in [-0.39, 0.29) is 6.04 Å². The number of thiophene rings is 1. The first-order valence-electron chi connectivity index (χ1n) is 5.35. The fourth-order valence-electron chi connectivity index (χ4n) is 1.78. The molecule has 2 aromatic rings. The van der Waals surface area contributed by atoms with Crippen LogP contribution in [0.1, 0.15) is 16.5 Å². The van der Waals surface area contributed by atoms with Crippen molar-refractivity contribution in [1.29, 1.82) is 0 Å². The third-order valence-corrected chi connectivity index (χ3v) is 4.60. The van der Waals surface area contributed by atoms with E-state index in [0.717, 1.165) is 15.9 Å². The Morgan fingerprint density at radius 1 is 1.41 bits per heavy atom. The second kappa shape index (κ2) is 6.01. The fraction of sp³-hybridized carbons (Fsp3) is 0.231. The molecule has 0 bridgehead atoms. The minimum Gasteiger partial charge on any atom is -0.312 e. The van der Waals surface area contributed by atoms with Crippen molar-refractivity contribution in [2.24, 2.45) is 0 Å². The van der Waals surface area contributed by atoms with E-state index < -0.39 is 0 Å². The highest BCUT2D eigenvalue weighted by atomic mass is 79.9. The van der Waals surface area contributed by atoms with Crippen LogP contribution in [0.3, 0.4) is 0 Å². The van der Waals surface area contributed by atoms with Crippen LogP contribution < -0.4 is 5.32 Å². The Morgan fingerprint density at radius 3 is 2.82 bits per heavy atom. The number of benzene rings is 1. The lowest BCUT2D eigenvalue weighted by Crippen LogP contribution is -2.18. The molecule has 1 aromatic heterocycles. The molecule has 1 unspecified atom stereocenters. The molecule has 90 valence electrons. The normalized spacial score (nSPS) is 12.6. The van der Waals surface area contributed by atoms with Crippen molar-refractivity contribution in [3.63, 3.8) is 0 Å². The first-order chi connectivity index (χ1) is 8.20. The summed E-state index contributed by atoms with van der Waals surface area (Å²) in [6.07, 6.45) is 0.941. The molecule has 1 atom stereocenters. The van der Waals surface area contributed by atoms with Crippen LogP contribution in [0.25, 0.3) is 0 Å². The van der Waals surface area contributed by atoms with Crippen LogP contribution in [0.15, 0.2) is 40.2 Å². The van der Waals surface area contributed by atoms with Gasteiger partial charge in [0.05, 0.1) is 5.02 Å². The molecule has 1 heterocycles. The Bertz CT molecular complexity index is 498. The van der Waals surface area contributed by atoms with Crippen LogP contribution in [0.2, 0.25) is 5.02 Å². The Kier molecular flexibility index (Phi) is 4.62. The van der Waals surface area contributed by atoms with Crippen LogP contribution in [-0.4, -0.2) is 7.05 Å². The molecule has 0 aliphatic rings. The molecule has 1 nitrogen and oxygen atoms in total. The first kappa shape index (κ1) is 13.1. The molecule has 17 heavy (non-hydrogen) atoms. The maximum Gasteiger partial charge on any atom is 0.0561 e. The summed E-state index contributed by atoms with van der Waals surface area (Å²) in [7, 11) is 1.97. The third-order valence-electron chi connectivity index (χ3n) is 2.64. The Hall–Kier alpha value is -0.350. The largest absolute Gasteiger partial charge is 0.312 e. The topological polar surface area (TPSA) is 12.0 Å². The van der Waals surface area contributed by atoms with E-state index in [1.54, 1.807) is 11.3 Å². The molecule has 2 rings (SSSR count). The summed E-state index contributed by atoms with van der Waals surface area (Å²) in [5, 5.41) is 6.21. The zero-order chi connectivity index (χ0) is 12.3. The van der Waals surface area contributed by atoms with Crippen molar-refractivity contribution in [1.82, 2.24) is 5.32 Å². The summed E-state index contributed by atoms with van der Waals surface area (Å²) in [6.45, 7) is 0. The molecular formula is C13H13BrClNS. The standard InChI is InChI=1S/C13H13BrClNS/c1-16-12(13-11(15)5-6-17-13)8-9-3-2-4-10(14)7-9/h2-7,12,16H,8H2,1H3. The molecule has 0 radical (unpaired) electrons. The van der Waals surface area contributed by atoms with Crippen LogP contribution in [0.5, 0.6) is 0 Å². The average Bonchev–Trinajstić information content (AvgIpc) is 2.72. The lowest BCUT2D eigenvalue weighted by atomic mass is 10.1. The van der Waals surface area contributed by atoms with Crippen LogP contribution in [0, 0.1) is 0 Å². The van der Waals surface area contributed by atoms with Gasteiger partial charge in [-0.2, -0.15) is 0 Å². The summed E-state index contributed by atoms with van der Waals surface area (Å²) < 4.78 is 1.11. The minimum absolute atomic E-state index is 0.275. The molecule has 0 amide bonds. The van der Waals surface area contributed by atoms with Gasteiger partial charge in [0.1, 0.15) is 0 Å². The van der Waals surface area contributed by atoms with Gasteiger partial charge in [-0.05, 0) is 42.6 Å². The second-order valence-corrected chi connectivity index (χ2v) is 6.08. The highest BCUT2D eigenvalue weighted by molar-refractivity contribution is 9.10. The van der Waals surface area contributed by atoms with E-state index in [1.807, 2.05) is 24.6 Å². The van der Waals surface area contributed by atoms with Gasteiger partial charge in [0, 0.05) is 15.4 Å². The van der Waals surface area contributed by atoms with E-state index >= 15 is 0 Å². The molecule has 0 saturated carbocycles. The van der Waals surface area contributed by atoms with E-state index in [1.165, 1.54) is 10.4 Å². The predicted octanol–water partition coefficient (Wildman–Crippen LogP) is 4.67. The molecule has 0 aliphatic heterocycles. The van der Waals surface area contributed by atoms with Crippen molar-refractivity contribution >= 4 is 38.9 Å². The van der Waals surface area contributed by atoms with Gasteiger partial charge in [0.2, 0.25) is 0 Å². The summed E-state index contributed by atoms with van der Waals surface area (Å²) >= 11 is 11.4. The van der Waals surface area contributed by atoms with Crippen molar-refractivity contribution in [2.45, 2.75) is 12.5 Å². The molecule has 1 aromatic carbocycles. The number of nitrogens with one attached hydrogen (secondary N) is 1. The van der Waals surface area contributed by atoms with Gasteiger partial charge < -0.3 is 5.32 Å². The lowest BCUT2D eigenvalue weighted by Gasteiger charge is -2.15. The Balaban J connectivity index is 2.19. The smallest absolute Gasteiger partial charge is 0.0561 e. The van der Waals surface area contributed by atoms with Gasteiger partial charge in [0.15, 0.2) is 0 Å². The van der Waals surface area contributed by atoms with E-state index in [2.05, 4.69) is 39.4 Å². The quantitative estimate of drug-likeness (QED) is 0.859. The summed E-state index contributed by atoms with van der Waals surface area (Å²) in [5.74, 6) is 0. The number of hydrogen-bond donors (Lipinski definition) is 1. The average molecular weight is 331 g/mol. The fourth-order valence-corrected chi connectivity index (χ4v) is 3.53. The van der Waals surface area contributed by atoms with Gasteiger partial charge in [-0.3, -0.25) is 0 Å². The number of likely N-dealkylation sites (N-methyl/N-ethyl adjacent to an activating group) is 1. The summed E-state index contributed by atoms with van der Waals surface area (Å²) in [6, 6.07) is 10.6. The molecule has 0 fully saturated rings. The molecular weight excluding hydrogens is 318 g/mol. The zero-order valence-electron chi connectivity index (χ0n) is 9.41. The molecule has 0 saturated heterocycles.